The van der Waals surface area contributed by atoms with Crippen molar-refractivity contribution in [2.24, 2.45) is 0 Å². The predicted molar refractivity (Wildman–Crippen MR) is 126 cm³/mol. The average molecular weight is 478 g/mol. The number of carbonyl (C=O) groups excluding carboxylic acids is 1. The third-order valence-electron chi connectivity index (χ3n) is 5.45. The Labute approximate surface area is 190 Å². The lowest BCUT2D eigenvalue weighted by Gasteiger charge is -2.11. The van der Waals surface area contributed by atoms with Crippen LogP contribution in [0.2, 0.25) is 0 Å². The van der Waals surface area contributed by atoms with E-state index in [9.17, 15) is 4.79 Å². The molecule has 5 nitrogen and oxygen atoms in total. The molecule has 0 saturated heterocycles. The van der Waals surface area contributed by atoms with Gasteiger partial charge in [-0.2, -0.15) is 0 Å². The van der Waals surface area contributed by atoms with Gasteiger partial charge in [-0.05, 0) is 57.6 Å². The summed E-state index contributed by atoms with van der Waals surface area (Å²) in [5.74, 6) is 0.715. The number of aryl methyl sites for hydroxylation is 2. The molecule has 0 bridgehead atoms. The van der Waals surface area contributed by atoms with Gasteiger partial charge in [-0.25, -0.2) is 14.8 Å². The van der Waals surface area contributed by atoms with Gasteiger partial charge in [0.2, 0.25) is 0 Å². The lowest BCUT2D eigenvalue weighted by Crippen LogP contribution is -2.06. The van der Waals surface area contributed by atoms with Gasteiger partial charge in [-0.3, -0.25) is 0 Å². The van der Waals surface area contributed by atoms with Gasteiger partial charge in [0.15, 0.2) is 5.65 Å². The van der Waals surface area contributed by atoms with Crippen molar-refractivity contribution in [3.8, 4) is 11.1 Å². The molecule has 0 saturated carbocycles. The molecule has 2 aromatic heterocycles. The van der Waals surface area contributed by atoms with Crippen LogP contribution in [0, 0.1) is 6.92 Å². The summed E-state index contributed by atoms with van der Waals surface area (Å²) in [7, 11) is 1.40. The number of ether oxygens (including phenoxy) is 1. The van der Waals surface area contributed by atoms with E-state index in [2.05, 4.69) is 51.5 Å². The van der Waals surface area contributed by atoms with Gasteiger partial charge in [0, 0.05) is 17.1 Å². The molecule has 2 aromatic carbocycles. The first kappa shape index (κ1) is 21.2. The van der Waals surface area contributed by atoms with Crippen LogP contribution in [-0.2, 0) is 17.7 Å². The summed E-state index contributed by atoms with van der Waals surface area (Å²) in [6.07, 6.45) is 3.77. The van der Waals surface area contributed by atoms with E-state index in [1.165, 1.54) is 7.11 Å². The zero-order valence-corrected chi connectivity index (χ0v) is 19.4. The van der Waals surface area contributed by atoms with Crippen molar-refractivity contribution in [1.29, 1.82) is 0 Å². The third-order valence-corrected chi connectivity index (χ3v) is 6.24. The first-order valence-corrected chi connectivity index (χ1v) is 11.1. The zero-order chi connectivity index (χ0) is 22.0. The molecule has 0 fully saturated rings. The van der Waals surface area contributed by atoms with Gasteiger partial charge >= 0.3 is 5.97 Å². The van der Waals surface area contributed by atoms with Crippen molar-refractivity contribution in [1.82, 2.24) is 14.5 Å². The number of fused-ring (bicyclic) bond motifs is 1. The number of benzene rings is 2. The van der Waals surface area contributed by atoms with E-state index in [0.29, 0.717) is 12.1 Å². The molecule has 4 rings (SSSR count). The van der Waals surface area contributed by atoms with E-state index in [0.717, 1.165) is 56.6 Å². The fourth-order valence-electron chi connectivity index (χ4n) is 3.78. The topological polar surface area (TPSA) is 57.0 Å². The molecule has 4 aromatic rings. The maximum absolute atomic E-state index is 12.1. The number of esters is 1. The van der Waals surface area contributed by atoms with Crippen molar-refractivity contribution in [2.45, 2.75) is 33.2 Å². The van der Waals surface area contributed by atoms with Crippen LogP contribution in [0.15, 0.2) is 59.2 Å². The number of hydrogen-bond acceptors (Lipinski definition) is 4. The lowest BCUT2D eigenvalue weighted by atomic mass is 9.98. The first-order valence-electron chi connectivity index (χ1n) is 10.3. The summed E-state index contributed by atoms with van der Waals surface area (Å²) in [6.45, 7) is 4.92. The number of rotatable bonds is 6. The number of hydrogen-bond donors (Lipinski definition) is 0. The Balaban J connectivity index is 1.69. The minimum absolute atomic E-state index is 0.332. The second-order valence-electron chi connectivity index (χ2n) is 7.50. The maximum Gasteiger partial charge on any atom is 0.338 e. The molecule has 2 heterocycles. The van der Waals surface area contributed by atoms with Crippen LogP contribution in [-0.4, -0.2) is 27.6 Å². The second kappa shape index (κ2) is 9.02. The maximum atomic E-state index is 12.1. The van der Waals surface area contributed by atoms with Crippen LogP contribution in [0.5, 0.6) is 0 Å². The molecule has 0 radical (unpaired) electrons. The summed E-state index contributed by atoms with van der Waals surface area (Å²) in [6, 6.07) is 15.8. The van der Waals surface area contributed by atoms with Gasteiger partial charge in [0.1, 0.15) is 11.3 Å². The molecule has 0 aliphatic carbocycles. The minimum atomic E-state index is -0.332. The van der Waals surface area contributed by atoms with Crippen molar-refractivity contribution < 1.29 is 9.53 Å². The number of nitrogens with zero attached hydrogens (tertiary/aromatic N) is 3. The molecule has 31 heavy (non-hydrogen) atoms. The molecule has 6 heteroatoms. The molecule has 0 spiro atoms. The van der Waals surface area contributed by atoms with Crippen molar-refractivity contribution in [3.05, 3.63) is 81.7 Å². The van der Waals surface area contributed by atoms with E-state index in [1.54, 1.807) is 6.07 Å². The van der Waals surface area contributed by atoms with Gasteiger partial charge in [-0.15, -0.1) is 0 Å². The van der Waals surface area contributed by atoms with E-state index in [1.807, 2.05) is 36.5 Å². The van der Waals surface area contributed by atoms with E-state index < -0.39 is 0 Å². The highest BCUT2D eigenvalue weighted by molar-refractivity contribution is 9.10. The SMILES string of the molecule is CCCc1nc2c(C)c(Br)cnc2n1Cc1ccc(-c2ccccc2C(=O)OC)cc1. The van der Waals surface area contributed by atoms with Crippen molar-refractivity contribution in [2.75, 3.05) is 7.11 Å². The second-order valence-corrected chi connectivity index (χ2v) is 8.36. The van der Waals surface area contributed by atoms with Gasteiger partial charge in [0.25, 0.3) is 0 Å². The van der Waals surface area contributed by atoms with E-state index >= 15 is 0 Å². The quantitative estimate of drug-likeness (QED) is 0.321. The molecular weight excluding hydrogens is 454 g/mol. The number of aromatic nitrogens is 3. The molecular formula is C25H24BrN3O2. The number of carbonyl (C=O) groups is 1. The summed E-state index contributed by atoms with van der Waals surface area (Å²) >= 11 is 3.56. The summed E-state index contributed by atoms with van der Waals surface area (Å²) < 4.78 is 8.11. The molecule has 0 amide bonds. The normalized spacial score (nSPS) is 11.1. The lowest BCUT2D eigenvalue weighted by molar-refractivity contribution is 0.0601. The number of halogens is 1. The number of methoxy groups -OCH3 is 1. The van der Waals surface area contributed by atoms with Gasteiger partial charge in [-0.1, -0.05) is 49.4 Å². The Hall–Kier alpha value is -2.99. The fraction of sp³-hybridized carbons (Fsp3) is 0.240. The largest absolute Gasteiger partial charge is 0.465 e. The smallest absolute Gasteiger partial charge is 0.338 e. The minimum Gasteiger partial charge on any atom is -0.465 e. The van der Waals surface area contributed by atoms with Crippen molar-refractivity contribution >= 4 is 33.1 Å². The third kappa shape index (κ3) is 4.12. The summed E-state index contributed by atoms with van der Waals surface area (Å²) in [5.41, 5.74) is 6.52. The van der Waals surface area contributed by atoms with Gasteiger partial charge < -0.3 is 9.30 Å². The van der Waals surface area contributed by atoms with E-state index in [-0.39, 0.29) is 5.97 Å². The fourth-order valence-corrected chi connectivity index (χ4v) is 4.07. The first-order chi connectivity index (χ1) is 15.0. The highest BCUT2D eigenvalue weighted by Gasteiger charge is 2.16. The molecule has 0 N–H and O–H groups in total. The zero-order valence-electron chi connectivity index (χ0n) is 17.9. The van der Waals surface area contributed by atoms with Crippen LogP contribution < -0.4 is 0 Å². The Morgan fingerprint density at radius 1 is 1.13 bits per heavy atom. The summed E-state index contributed by atoms with van der Waals surface area (Å²) in [4.78, 5) is 21.7. The Bertz CT molecular complexity index is 1250. The number of pyridine rings is 1. The molecule has 0 unspecified atom stereocenters. The van der Waals surface area contributed by atoms with Crippen LogP contribution >= 0.6 is 15.9 Å². The summed E-state index contributed by atoms with van der Waals surface area (Å²) in [5, 5.41) is 0. The average Bonchev–Trinajstić information content (AvgIpc) is 3.14. The molecule has 0 atom stereocenters. The Morgan fingerprint density at radius 2 is 1.87 bits per heavy atom. The van der Waals surface area contributed by atoms with Crippen LogP contribution in [0.1, 0.15) is 40.7 Å². The van der Waals surface area contributed by atoms with Crippen LogP contribution in [0.3, 0.4) is 0 Å². The highest BCUT2D eigenvalue weighted by atomic mass is 79.9. The van der Waals surface area contributed by atoms with Crippen LogP contribution in [0.4, 0.5) is 0 Å². The number of imidazole rings is 1. The Kier molecular flexibility index (Phi) is 6.18. The standard InChI is InChI=1S/C25H24BrN3O2/c1-4-7-22-28-23-16(2)21(26)14-27-24(23)29(22)15-17-10-12-18(13-11-17)19-8-5-6-9-20(19)25(30)31-3/h5-6,8-14H,4,7,15H2,1-3H3. The Morgan fingerprint density at radius 3 is 2.58 bits per heavy atom. The molecule has 0 aliphatic heterocycles. The van der Waals surface area contributed by atoms with Gasteiger partial charge in [0.05, 0.1) is 19.2 Å². The highest BCUT2D eigenvalue weighted by Crippen LogP contribution is 2.27. The predicted octanol–water partition coefficient (Wildman–Crippen LogP) is 5.96. The van der Waals surface area contributed by atoms with Crippen LogP contribution in [0.25, 0.3) is 22.3 Å². The van der Waals surface area contributed by atoms with E-state index in [4.69, 9.17) is 9.72 Å². The molecule has 158 valence electrons. The monoisotopic (exact) mass is 477 g/mol. The molecule has 0 aliphatic rings. The van der Waals surface area contributed by atoms with Crippen molar-refractivity contribution in [3.63, 3.8) is 0 Å².